The van der Waals surface area contributed by atoms with Gasteiger partial charge >= 0.3 is 5.97 Å². The zero-order valence-corrected chi connectivity index (χ0v) is 19.8. The SMILES string of the molecule is COC(=O)c1ccc(Cl)c(C(O)c2cc3c(C#N)ccnc3n2S(=O)(=O)c2ccccc2)c1Cl. The number of ether oxygens (including phenoxy) is 1. The lowest BCUT2D eigenvalue weighted by Gasteiger charge is -2.19. The maximum Gasteiger partial charge on any atom is 0.339 e. The molecule has 0 saturated carbocycles. The molecule has 4 rings (SSSR count). The van der Waals surface area contributed by atoms with E-state index in [1.165, 1.54) is 49.7 Å². The van der Waals surface area contributed by atoms with Gasteiger partial charge in [0.05, 0.1) is 39.9 Å². The summed E-state index contributed by atoms with van der Waals surface area (Å²) >= 11 is 12.7. The van der Waals surface area contributed by atoms with Crippen LogP contribution in [0.1, 0.15) is 33.3 Å². The van der Waals surface area contributed by atoms with Crippen molar-refractivity contribution in [3.05, 3.63) is 93.2 Å². The quantitative estimate of drug-likeness (QED) is 0.392. The minimum absolute atomic E-state index is 0.00691. The molecule has 2 aromatic heterocycles. The first kappa shape index (κ1) is 23.7. The van der Waals surface area contributed by atoms with Crippen LogP contribution in [0.25, 0.3) is 11.0 Å². The fraction of sp³-hybridized carbons (Fsp3) is 0.0870. The molecule has 0 amide bonds. The molecule has 1 unspecified atom stereocenters. The fourth-order valence-corrected chi connectivity index (χ4v) is 5.74. The van der Waals surface area contributed by atoms with E-state index in [4.69, 9.17) is 27.9 Å². The van der Waals surface area contributed by atoms with Crippen molar-refractivity contribution in [2.75, 3.05) is 7.11 Å². The number of hydrogen-bond donors (Lipinski definition) is 1. The second-order valence-corrected chi connectivity index (χ2v) is 9.65. The van der Waals surface area contributed by atoms with Gasteiger partial charge in [0.1, 0.15) is 6.10 Å². The summed E-state index contributed by atoms with van der Waals surface area (Å²) in [6.45, 7) is 0. The Morgan fingerprint density at radius 1 is 1.18 bits per heavy atom. The number of rotatable bonds is 5. The van der Waals surface area contributed by atoms with Gasteiger partial charge in [-0.2, -0.15) is 5.26 Å². The molecule has 0 aliphatic rings. The molecule has 0 bridgehead atoms. The van der Waals surface area contributed by atoms with Crippen LogP contribution in [0.3, 0.4) is 0 Å². The van der Waals surface area contributed by atoms with E-state index >= 15 is 0 Å². The molecule has 0 aliphatic carbocycles. The number of fused-ring (bicyclic) bond motifs is 1. The van der Waals surface area contributed by atoms with Crippen LogP contribution in [-0.4, -0.2) is 35.6 Å². The van der Waals surface area contributed by atoms with Crippen molar-refractivity contribution in [3.63, 3.8) is 0 Å². The first-order valence-corrected chi connectivity index (χ1v) is 11.9. The Bertz CT molecular complexity index is 1580. The van der Waals surface area contributed by atoms with E-state index in [-0.39, 0.29) is 48.4 Å². The van der Waals surface area contributed by atoms with Gasteiger partial charge in [0, 0.05) is 22.2 Å². The van der Waals surface area contributed by atoms with Crippen molar-refractivity contribution < 1.29 is 23.1 Å². The molecule has 0 spiro atoms. The summed E-state index contributed by atoms with van der Waals surface area (Å²) < 4.78 is 32.9. The summed E-state index contributed by atoms with van der Waals surface area (Å²) in [5, 5.41) is 20.9. The number of pyridine rings is 1. The molecule has 2 heterocycles. The lowest BCUT2D eigenvalue weighted by Crippen LogP contribution is -2.19. The molecule has 2 aromatic carbocycles. The van der Waals surface area contributed by atoms with Gasteiger partial charge in [-0.25, -0.2) is 22.2 Å². The number of carbonyl (C=O) groups excluding carboxylic acids is 1. The van der Waals surface area contributed by atoms with Gasteiger partial charge in [-0.05, 0) is 36.4 Å². The Morgan fingerprint density at radius 3 is 2.53 bits per heavy atom. The molecule has 1 N–H and O–H groups in total. The van der Waals surface area contributed by atoms with Crippen molar-refractivity contribution in [2.24, 2.45) is 0 Å². The highest BCUT2D eigenvalue weighted by atomic mass is 35.5. The molecule has 1 atom stereocenters. The number of halogens is 2. The van der Waals surface area contributed by atoms with Crippen LogP contribution in [0.15, 0.2) is 65.7 Å². The van der Waals surface area contributed by atoms with Crippen molar-refractivity contribution in [2.45, 2.75) is 11.0 Å². The summed E-state index contributed by atoms with van der Waals surface area (Å²) in [5.74, 6) is -0.763. The average Bonchev–Trinajstić information content (AvgIpc) is 3.25. The molecule has 0 saturated heterocycles. The smallest absolute Gasteiger partial charge is 0.339 e. The van der Waals surface area contributed by atoms with Crippen LogP contribution >= 0.6 is 23.2 Å². The van der Waals surface area contributed by atoms with E-state index in [1.54, 1.807) is 18.2 Å². The first-order valence-electron chi connectivity index (χ1n) is 9.67. The van der Waals surface area contributed by atoms with Crippen LogP contribution in [-0.2, 0) is 14.8 Å². The fourth-order valence-electron chi connectivity index (χ4n) is 3.57. The molecular formula is C23H15Cl2N3O5S. The number of methoxy groups -OCH3 is 1. The van der Waals surface area contributed by atoms with Crippen molar-refractivity contribution in [1.82, 2.24) is 8.96 Å². The number of hydrogen-bond acceptors (Lipinski definition) is 7. The summed E-state index contributed by atoms with van der Waals surface area (Å²) in [6.07, 6.45) is -0.407. The minimum Gasteiger partial charge on any atom is -0.465 e. The Labute approximate surface area is 204 Å². The van der Waals surface area contributed by atoms with Crippen LogP contribution < -0.4 is 0 Å². The highest BCUT2D eigenvalue weighted by molar-refractivity contribution is 7.90. The Kier molecular flexibility index (Phi) is 6.34. The van der Waals surface area contributed by atoms with E-state index in [2.05, 4.69) is 4.98 Å². The normalized spacial score (nSPS) is 12.3. The maximum absolute atomic E-state index is 13.6. The van der Waals surface area contributed by atoms with Gasteiger partial charge in [-0.3, -0.25) is 0 Å². The largest absolute Gasteiger partial charge is 0.465 e. The summed E-state index contributed by atoms with van der Waals surface area (Å²) in [5.41, 5.74) is -0.238. The van der Waals surface area contributed by atoms with Crippen molar-refractivity contribution in [3.8, 4) is 6.07 Å². The lowest BCUT2D eigenvalue weighted by atomic mass is 10.0. The van der Waals surface area contributed by atoms with Crippen LogP contribution in [0, 0.1) is 11.3 Å². The molecular weight excluding hydrogens is 501 g/mol. The van der Waals surface area contributed by atoms with Crippen LogP contribution in [0.2, 0.25) is 10.0 Å². The summed E-state index contributed by atoms with van der Waals surface area (Å²) in [4.78, 5) is 16.2. The average molecular weight is 516 g/mol. The third kappa shape index (κ3) is 3.81. The standard InChI is InChI=1S/C23H15Cl2N3O5S/c1-33-23(30)15-7-8-17(24)19(20(15)25)21(29)18-11-16-13(12-26)9-10-27-22(16)28(18)34(31,32)14-5-3-2-4-6-14/h2-11,21,29H,1H3. The Morgan fingerprint density at radius 2 is 1.88 bits per heavy atom. The number of nitriles is 1. The van der Waals surface area contributed by atoms with E-state index in [9.17, 15) is 23.6 Å². The number of aliphatic hydroxyl groups excluding tert-OH is 1. The summed E-state index contributed by atoms with van der Waals surface area (Å²) in [7, 11) is -3.11. The predicted molar refractivity (Wildman–Crippen MR) is 125 cm³/mol. The van der Waals surface area contributed by atoms with Gasteiger partial charge in [0.2, 0.25) is 0 Å². The van der Waals surface area contributed by atoms with Crippen LogP contribution in [0.5, 0.6) is 0 Å². The van der Waals surface area contributed by atoms with Crippen LogP contribution in [0.4, 0.5) is 0 Å². The zero-order chi connectivity index (χ0) is 24.6. The Balaban J connectivity index is 2.06. The number of aliphatic hydroxyl groups is 1. The summed E-state index contributed by atoms with van der Waals surface area (Å²) in [6, 6.07) is 15.0. The highest BCUT2D eigenvalue weighted by Crippen LogP contribution is 2.39. The molecule has 0 aliphatic heterocycles. The molecule has 0 radical (unpaired) electrons. The molecule has 172 valence electrons. The number of nitrogens with zero attached hydrogens (tertiary/aromatic N) is 3. The van der Waals surface area contributed by atoms with Gasteiger partial charge in [0.15, 0.2) is 5.65 Å². The monoisotopic (exact) mass is 515 g/mol. The zero-order valence-electron chi connectivity index (χ0n) is 17.4. The Hall–Kier alpha value is -3.42. The van der Waals surface area contributed by atoms with Crippen molar-refractivity contribution in [1.29, 1.82) is 5.26 Å². The number of esters is 1. The molecule has 34 heavy (non-hydrogen) atoms. The first-order chi connectivity index (χ1) is 16.2. The second-order valence-electron chi connectivity index (χ2n) is 7.08. The topological polar surface area (TPSA) is 122 Å². The molecule has 11 heteroatoms. The number of benzene rings is 2. The predicted octanol–water partition coefficient (Wildman–Crippen LogP) is 4.32. The van der Waals surface area contributed by atoms with E-state index in [0.717, 1.165) is 3.97 Å². The number of carbonyl (C=O) groups is 1. The second kappa shape index (κ2) is 9.08. The number of aromatic nitrogens is 2. The lowest BCUT2D eigenvalue weighted by molar-refractivity contribution is 0.0600. The third-order valence-electron chi connectivity index (χ3n) is 5.18. The van der Waals surface area contributed by atoms with E-state index < -0.39 is 22.1 Å². The van der Waals surface area contributed by atoms with Gasteiger partial charge < -0.3 is 9.84 Å². The van der Waals surface area contributed by atoms with Gasteiger partial charge in [-0.15, -0.1) is 0 Å². The minimum atomic E-state index is -4.28. The van der Waals surface area contributed by atoms with E-state index in [0.29, 0.717) is 0 Å². The molecule has 8 nitrogen and oxygen atoms in total. The van der Waals surface area contributed by atoms with E-state index in [1.807, 2.05) is 6.07 Å². The van der Waals surface area contributed by atoms with Gasteiger partial charge in [0.25, 0.3) is 10.0 Å². The van der Waals surface area contributed by atoms with Crippen molar-refractivity contribution >= 4 is 50.2 Å². The molecule has 4 aromatic rings. The molecule has 0 fully saturated rings. The maximum atomic E-state index is 13.6. The van der Waals surface area contributed by atoms with Gasteiger partial charge in [-0.1, -0.05) is 41.4 Å². The highest BCUT2D eigenvalue weighted by Gasteiger charge is 2.31. The third-order valence-corrected chi connectivity index (χ3v) is 7.64.